The zero-order valence-electron chi connectivity index (χ0n) is 14.8. The number of hydrogen-bond acceptors (Lipinski definition) is 4. The number of nitrogens with zero attached hydrogens (tertiary/aromatic N) is 1. The average molecular weight is 374 g/mol. The number of morpholine rings is 1. The van der Waals surface area contributed by atoms with Crippen molar-refractivity contribution in [2.75, 3.05) is 24.4 Å². The standard InChI is InChI=1S/C19H22N2O4S/c1-14-5-3-4-6-18(14)26(23,24)20-17-9-7-16(8-10-17)19(22)21-11-12-25-15(2)13-21/h3-10,15,20H,11-13H2,1-2H3. The Morgan fingerprint density at radius 1 is 1.15 bits per heavy atom. The summed E-state index contributed by atoms with van der Waals surface area (Å²) in [6.07, 6.45) is 0.0212. The lowest BCUT2D eigenvalue weighted by molar-refractivity contribution is -0.0124. The quantitative estimate of drug-likeness (QED) is 0.893. The maximum absolute atomic E-state index is 12.5. The van der Waals surface area contributed by atoms with Crippen LogP contribution in [0.1, 0.15) is 22.8 Å². The fraction of sp³-hybridized carbons (Fsp3) is 0.316. The average Bonchev–Trinajstić information content (AvgIpc) is 2.61. The molecule has 1 heterocycles. The lowest BCUT2D eigenvalue weighted by Crippen LogP contribution is -2.44. The summed E-state index contributed by atoms with van der Waals surface area (Å²) in [4.78, 5) is 14.5. The van der Waals surface area contributed by atoms with E-state index in [2.05, 4.69) is 4.72 Å². The largest absolute Gasteiger partial charge is 0.375 e. The predicted octanol–water partition coefficient (Wildman–Crippen LogP) is 2.66. The van der Waals surface area contributed by atoms with Gasteiger partial charge in [-0.3, -0.25) is 9.52 Å². The molecule has 138 valence electrons. The van der Waals surface area contributed by atoms with Crippen molar-refractivity contribution >= 4 is 21.6 Å². The molecule has 7 heteroatoms. The Balaban J connectivity index is 1.74. The summed E-state index contributed by atoms with van der Waals surface area (Å²) >= 11 is 0. The van der Waals surface area contributed by atoms with Gasteiger partial charge in [-0.15, -0.1) is 0 Å². The lowest BCUT2D eigenvalue weighted by atomic mass is 10.1. The Labute approximate surface area is 153 Å². The van der Waals surface area contributed by atoms with Gasteiger partial charge in [0.05, 0.1) is 17.6 Å². The molecule has 26 heavy (non-hydrogen) atoms. The molecule has 0 spiro atoms. The van der Waals surface area contributed by atoms with Crippen LogP contribution in [-0.2, 0) is 14.8 Å². The van der Waals surface area contributed by atoms with Gasteiger partial charge in [0.15, 0.2) is 0 Å². The van der Waals surface area contributed by atoms with E-state index in [-0.39, 0.29) is 16.9 Å². The molecule has 0 aromatic heterocycles. The number of sulfonamides is 1. The van der Waals surface area contributed by atoms with Crippen molar-refractivity contribution < 1.29 is 17.9 Å². The Hall–Kier alpha value is -2.38. The molecule has 0 aliphatic carbocycles. The van der Waals surface area contributed by atoms with Crippen LogP contribution >= 0.6 is 0 Å². The zero-order valence-corrected chi connectivity index (χ0v) is 15.6. The second-order valence-electron chi connectivity index (χ2n) is 6.38. The van der Waals surface area contributed by atoms with Crippen molar-refractivity contribution in [1.29, 1.82) is 0 Å². The van der Waals surface area contributed by atoms with Gasteiger partial charge in [0, 0.05) is 24.3 Å². The Morgan fingerprint density at radius 3 is 2.50 bits per heavy atom. The molecule has 0 saturated carbocycles. The van der Waals surface area contributed by atoms with Crippen LogP contribution < -0.4 is 4.72 Å². The highest BCUT2D eigenvalue weighted by atomic mass is 32.2. The molecule has 6 nitrogen and oxygen atoms in total. The summed E-state index contributed by atoms with van der Waals surface area (Å²) < 4.78 is 33.1. The summed E-state index contributed by atoms with van der Waals surface area (Å²) in [7, 11) is -3.67. The van der Waals surface area contributed by atoms with Gasteiger partial charge >= 0.3 is 0 Å². The molecule has 3 rings (SSSR count). The minimum atomic E-state index is -3.67. The number of hydrogen-bond donors (Lipinski definition) is 1. The van der Waals surface area contributed by atoms with Gasteiger partial charge in [0.2, 0.25) is 0 Å². The van der Waals surface area contributed by atoms with Crippen molar-refractivity contribution in [2.24, 2.45) is 0 Å². The zero-order chi connectivity index (χ0) is 18.7. The van der Waals surface area contributed by atoms with Crippen LogP contribution in [0.15, 0.2) is 53.4 Å². The summed E-state index contributed by atoms with van der Waals surface area (Å²) in [5, 5.41) is 0. The molecule has 1 fully saturated rings. The van der Waals surface area contributed by atoms with Crippen LogP contribution in [0.3, 0.4) is 0 Å². The number of ether oxygens (including phenoxy) is 1. The van der Waals surface area contributed by atoms with E-state index >= 15 is 0 Å². The first-order valence-electron chi connectivity index (χ1n) is 8.46. The maximum atomic E-state index is 12.5. The number of aryl methyl sites for hydroxylation is 1. The summed E-state index contributed by atoms with van der Waals surface area (Å²) in [5.74, 6) is -0.0755. The fourth-order valence-corrected chi connectivity index (χ4v) is 4.24. The normalized spacial score (nSPS) is 17.8. The molecule has 0 bridgehead atoms. The molecule has 1 atom stereocenters. The molecule has 2 aromatic rings. The van der Waals surface area contributed by atoms with Crippen LogP contribution in [0, 0.1) is 6.92 Å². The van der Waals surface area contributed by atoms with Gasteiger partial charge in [0.25, 0.3) is 15.9 Å². The highest BCUT2D eigenvalue weighted by Gasteiger charge is 2.22. The smallest absolute Gasteiger partial charge is 0.262 e. The van der Waals surface area contributed by atoms with Crippen LogP contribution in [0.5, 0.6) is 0 Å². The van der Waals surface area contributed by atoms with Gasteiger partial charge in [-0.25, -0.2) is 8.42 Å². The molecular weight excluding hydrogens is 352 g/mol. The van der Waals surface area contributed by atoms with E-state index < -0.39 is 10.0 Å². The van der Waals surface area contributed by atoms with Crippen molar-refractivity contribution in [2.45, 2.75) is 24.8 Å². The highest BCUT2D eigenvalue weighted by molar-refractivity contribution is 7.92. The van der Waals surface area contributed by atoms with Crippen LogP contribution in [-0.4, -0.2) is 45.0 Å². The van der Waals surface area contributed by atoms with E-state index in [0.717, 1.165) is 0 Å². The van der Waals surface area contributed by atoms with Gasteiger partial charge in [-0.2, -0.15) is 0 Å². The molecular formula is C19H22N2O4S. The van der Waals surface area contributed by atoms with E-state index in [9.17, 15) is 13.2 Å². The Morgan fingerprint density at radius 2 is 1.85 bits per heavy atom. The van der Waals surface area contributed by atoms with E-state index in [0.29, 0.717) is 36.5 Å². The summed E-state index contributed by atoms with van der Waals surface area (Å²) in [5.41, 5.74) is 1.62. The number of nitrogens with one attached hydrogen (secondary N) is 1. The first-order valence-corrected chi connectivity index (χ1v) is 9.94. The van der Waals surface area contributed by atoms with Gasteiger partial charge < -0.3 is 9.64 Å². The third-order valence-electron chi connectivity index (χ3n) is 4.30. The van der Waals surface area contributed by atoms with Crippen LogP contribution in [0.2, 0.25) is 0 Å². The SMILES string of the molecule is Cc1ccccc1S(=O)(=O)Nc1ccc(C(=O)N2CCOC(C)C2)cc1. The van der Waals surface area contributed by atoms with Gasteiger partial charge in [-0.1, -0.05) is 18.2 Å². The number of carbonyl (C=O) groups is 1. The van der Waals surface area contributed by atoms with Crippen LogP contribution in [0.25, 0.3) is 0 Å². The number of benzene rings is 2. The number of anilines is 1. The van der Waals surface area contributed by atoms with Crippen molar-refractivity contribution in [3.05, 3.63) is 59.7 Å². The lowest BCUT2D eigenvalue weighted by Gasteiger charge is -2.31. The van der Waals surface area contributed by atoms with E-state index in [4.69, 9.17) is 4.74 Å². The van der Waals surface area contributed by atoms with Crippen molar-refractivity contribution in [3.63, 3.8) is 0 Å². The predicted molar refractivity (Wildman–Crippen MR) is 99.7 cm³/mol. The number of carbonyl (C=O) groups excluding carboxylic acids is 1. The van der Waals surface area contributed by atoms with Crippen LogP contribution in [0.4, 0.5) is 5.69 Å². The summed E-state index contributed by atoms with van der Waals surface area (Å²) in [6.45, 7) is 5.33. The minimum absolute atomic E-state index is 0.0212. The third-order valence-corrected chi connectivity index (χ3v) is 5.84. The topological polar surface area (TPSA) is 75.7 Å². The van der Waals surface area contributed by atoms with E-state index in [1.165, 1.54) is 0 Å². The molecule has 0 radical (unpaired) electrons. The highest BCUT2D eigenvalue weighted by Crippen LogP contribution is 2.20. The van der Waals surface area contributed by atoms with Gasteiger partial charge in [-0.05, 0) is 49.7 Å². The monoisotopic (exact) mass is 374 g/mol. The molecule has 1 unspecified atom stereocenters. The molecule has 2 aromatic carbocycles. The second kappa shape index (κ2) is 7.47. The molecule has 1 saturated heterocycles. The number of rotatable bonds is 4. The minimum Gasteiger partial charge on any atom is -0.375 e. The number of amides is 1. The first-order chi connectivity index (χ1) is 12.4. The second-order valence-corrected chi connectivity index (χ2v) is 8.03. The first kappa shape index (κ1) is 18.4. The molecule has 1 aliphatic rings. The fourth-order valence-electron chi connectivity index (χ4n) is 2.93. The molecule has 1 aliphatic heterocycles. The van der Waals surface area contributed by atoms with Gasteiger partial charge in [0.1, 0.15) is 0 Å². The Kier molecular flexibility index (Phi) is 5.29. The van der Waals surface area contributed by atoms with E-state index in [1.54, 1.807) is 60.4 Å². The third kappa shape index (κ3) is 4.05. The Bertz CT molecular complexity index is 894. The van der Waals surface area contributed by atoms with Crippen molar-refractivity contribution in [3.8, 4) is 0 Å². The van der Waals surface area contributed by atoms with E-state index in [1.807, 2.05) is 6.92 Å². The maximum Gasteiger partial charge on any atom is 0.262 e. The summed E-state index contributed by atoms with van der Waals surface area (Å²) in [6, 6.07) is 13.3. The van der Waals surface area contributed by atoms with Crippen molar-refractivity contribution in [1.82, 2.24) is 4.90 Å². The molecule has 1 N–H and O–H groups in total. The molecule has 1 amide bonds.